The molecule has 2 aromatic carbocycles. The first-order valence-electron chi connectivity index (χ1n) is 9.82. The number of imide groups is 1. The molecule has 4 rings (SSSR count). The van der Waals surface area contributed by atoms with E-state index in [1.54, 1.807) is 42.5 Å². The smallest absolute Gasteiger partial charge is 0.373 e. The lowest BCUT2D eigenvalue weighted by molar-refractivity contribution is -0.123. The molecule has 7 nitrogen and oxygen atoms in total. The van der Waals surface area contributed by atoms with Gasteiger partial charge in [0.15, 0.2) is 0 Å². The van der Waals surface area contributed by atoms with Crippen LogP contribution in [0.1, 0.15) is 27.4 Å². The molecule has 1 aromatic heterocycles. The van der Waals surface area contributed by atoms with Crippen LogP contribution in [0.2, 0.25) is 0 Å². The third-order valence-electron chi connectivity index (χ3n) is 4.71. The number of amides is 2. The van der Waals surface area contributed by atoms with E-state index in [0.29, 0.717) is 22.6 Å². The van der Waals surface area contributed by atoms with E-state index in [9.17, 15) is 18.8 Å². The molecule has 0 N–H and O–H groups in total. The minimum atomic E-state index is -0.640. The number of halogens is 1. The number of methoxy groups -OCH3 is 1. The highest BCUT2D eigenvalue weighted by atomic mass is 32.2. The molecule has 0 unspecified atom stereocenters. The first-order valence-corrected chi connectivity index (χ1v) is 10.6. The SMILES string of the molecule is COC(=O)c1ccc(CN2C(=O)SC(=Cc3ccc(OCc4cccc(F)c4)cc3)C2=O)o1. The second kappa shape index (κ2) is 9.74. The maximum absolute atomic E-state index is 13.3. The number of carbonyl (C=O) groups is 3. The molecule has 0 radical (unpaired) electrons. The summed E-state index contributed by atoms with van der Waals surface area (Å²) in [6.45, 7) is 0.131. The molecule has 168 valence electrons. The van der Waals surface area contributed by atoms with Crippen LogP contribution in [0.5, 0.6) is 5.75 Å². The number of carbonyl (C=O) groups excluding carboxylic acids is 3. The summed E-state index contributed by atoms with van der Waals surface area (Å²) < 4.78 is 28.8. The number of furan rings is 1. The van der Waals surface area contributed by atoms with E-state index >= 15 is 0 Å². The number of esters is 1. The molecule has 1 fully saturated rings. The van der Waals surface area contributed by atoms with Crippen LogP contribution in [-0.2, 0) is 22.7 Å². The second-order valence-corrected chi connectivity index (χ2v) is 8.01. The van der Waals surface area contributed by atoms with E-state index < -0.39 is 17.1 Å². The Morgan fingerprint density at radius 2 is 1.91 bits per heavy atom. The first-order chi connectivity index (χ1) is 15.9. The largest absolute Gasteiger partial charge is 0.489 e. The van der Waals surface area contributed by atoms with Crippen LogP contribution in [0.4, 0.5) is 9.18 Å². The third-order valence-corrected chi connectivity index (χ3v) is 5.62. The van der Waals surface area contributed by atoms with Crippen molar-refractivity contribution in [1.82, 2.24) is 4.90 Å². The minimum Gasteiger partial charge on any atom is -0.489 e. The molecule has 33 heavy (non-hydrogen) atoms. The Balaban J connectivity index is 1.39. The van der Waals surface area contributed by atoms with Crippen molar-refractivity contribution in [3.05, 3.63) is 94.0 Å². The van der Waals surface area contributed by atoms with Gasteiger partial charge in [0.1, 0.15) is 23.9 Å². The van der Waals surface area contributed by atoms with Gasteiger partial charge in [-0.05, 0) is 65.4 Å². The van der Waals surface area contributed by atoms with Gasteiger partial charge in [-0.2, -0.15) is 0 Å². The van der Waals surface area contributed by atoms with Crippen LogP contribution in [0.25, 0.3) is 6.08 Å². The van der Waals surface area contributed by atoms with Crippen molar-refractivity contribution >= 4 is 35.0 Å². The van der Waals surface area contributed by atoms with Crippen LogP contribution in [0.3, 0.4) is 0 Å². The molecular weight excluding hydrogens is 449 g/mol. The second-order valence-electron chi connectivity index (χ2n) is 7.01. The van der Waals surface area contributed by atoms with E-state index in [-0.39, 0.29) is 29.6 Å². The van der Waals surface area contributed by atoms with Crippen molar-refractivity contribution in [3.63, 3.8) is 0 Å². The maximum atomic E-state index is 13.3. The zero-order valence-electron chi connectivity index (χ0n) is 17.4. The Bertz CT molecular complexity index is 1230. The average molecular weight is 467 g/mol. The van der Waals surface area contributed by atoms with Gasteiger partial charge < -0.3 is 13.9 Å². The molecule has 0 aliphatic carbocycles. The van der Waals surface area contributed by atoms with E-state index in [4.69, 9.17) is 9.15 Å². The number of rotatable bonds is 7. The summed E-state index contributed by atoms with van der Waals surface area (Å²) in [5, 5.41) is -0.433. The van der Waals surface area contributed by atoms with Gasteiger partial charge in [-0.25, -0.2) is 9.18 Å². The van der Waals surface area contributed by atoms with Gasteiger partial charge in [-0.1, -0.05) is 24.3 Å². The van der Waals surface area contributed by atoms with Gasteiger partial charge in [-0.3, -0.25) is 14.5 Å². The highest BCUT2D eigenvalue weighted by Gasteiger charge is 2.35. The molecule has 1 aliphatic heterocycles. The fraction of sp³-hybridized carbons (Fsp3) is 0.125. The predicted octanol–water partition coefficient (Wildman–Crippen LogP) is 5.02. The van der Waals surface area contributed by atoms with Crippen molar-refractivity contribution in [2.45, 2.75) is 13.2 Å². The number of hydrogen-bond donors (Lipinski definition) is 0. The molecule has 1 saturated heterocycles. The lowest BCUT2D eigenvalue weighted by Gasteiger charge is -2.10. The molecule has 0 bridgehead atoms. The number of hydrogen-bond acceptors (Lipinski definition) is 7. The van der Waals surface area contributed by atoms with Gasteiger partial charge >= 0.3 is 5.97 Å². The Labute approximate surface area is 192 Å². The normalized spacial score (nSPS) is 14.7. The summed E-state index contributed by atoms with van der Waals surface area (Å²) in [6, 6.07) is 16.1. The van der Waals surface area contributed by atoms with Crippen molar-refractivity contribution in [2.75, 3.05) is 7.11 Å². The number of ether oxygens (including phenoxy) is 2. The molecule has 3 aromatic rings. The lowest BCUT2D eigenvalue weighted by atomic mass is 10.2. The molecule has 2 amide bonds. The Morgan fingerprint density at radius 1 is 1.12 bits per heavy atom. The molecule has 0 spiro atoms. The van der Waals surface area contributed by atoms with Crippen LogP contribution >= 0.6 is 11.8 Å². The van der Waals surface area contributed by atoms with Gasteiger partial charge in [0.25, 0.3) is 11.1 Å². The Hall–Kier alpha value is -3.85. The fourth-order valence-electron chi connectivity index (χ4n) is 3.07. The van der Waals surface area contributed by atoms with Gasteiger partial charge in [0.05, 0.1) is 18.6 Å². The quantitative estimate of drug-likeness (QED) is 0.356. The highest BCUT2D eigenvalue weighted by molar-refractivity contribution is 8.18. The lowest BCUT2D eigenvalue weighted by Crippen LogP contribution is -2.27. The molecule has 0 atom stereocenters. The van der Waals surface area contributed by atoms with Gasteiger partial charge in [-0.15, -0.1) is 0 Å². The highest BCUT2D eigenvalue weighted by Crippen LogP contribution is 2.33. The standard InChI is InChI=1S/C24H18FNO6S/c1-30-23(28)20-10-9-19(32-20)13-26-22(27)21(33-24(26)29)12-15-5-7-18(8-6-15)31-14-16-3-2-4-17(25)11-16/h2-12H,13-14H2,1H3. The van der Waals surface area contributed by atoms with Crippen LogP contribution in [0.15, 0.2) is 70.0 Å². The van der Waals surface area contributed by atoms with E-state index in [2.05, 4.69) is 4.74 Å². The number of nitrogens with zero attached hydrogens (tertiary/aromatic N) is 1. The van der Waals surface area contributed by atoms with Crippen molar-refractivity contribution < 1.29 is 32.7 Å². The zero-order chi connectivity index (χ0) is 23.4. The summed E-state index contributed by atoms with van der Waals surface area (Å²) in [4.78, 5) is 37.9. The fourth-order valence-corrected chi connectivity index (χ4v) is 3.91. The summed E-state index contributed by atoms with van der Waals surface area (Å²) >= 11 is 0.825. The summed E-state index contributed by atoms with van der Waals surface area (Å²) in [7, 11) is 1.23. The topological polar surface area (TPSA) is 86.0 Å². The number of benzene rings is 2. The van der Waals surface area contributed by atoms with E-state index in [0.717, 1.165) is 16.7 Å². The molecule has 9 heteroatoms. The molecule has 0 saturated carbocycles. The molecule has 1 aliphatic rings. The Morgan fingerprint density at radius 3 is 2.64 bits per heavy atom. The predicted molar refractivity (Wildman–Crippen MR) is 119 cm³/mol. The van der Waals surface area contributed by atoms with Crippen LogP contribution < -0.4 is 4.74 Å². The average Bonchev–Trinajstić information content (AvgIpc) is 3.39. The summed E-state index contributed by atoms with van der Waals surface area (Å²) in [6.07, 6.45) is 1.61. The van der Waals surface area contributed by atoms with Crippen molar-refractivity contribution in [3.8, 4) is 5.75 Å². The molecular formula is C24H18FNO6S. The monoisotopic (exact) mass is 467 g/mol. The zero-order valence-corrected chi connectivity index (χ0v) is 18.3. The first kappa shape index (κ1) is 22.3. The van der Waals surface area contributed by atoms with E-state index in [1.165, 1.54) is 31.4 Å². The Kier molecular flexibility index (Phi) is 6.60. The third kappa shape index (κ3) is 5.32. The minimum absolute atomic E-state index is 0.00489. The maximum Gasteiger partial charge on any atom is 0.373 e. The van der Waals surface area contributed by atoms with Crippen LogP contribution in [-0.4, -0.2) is 29.1 Å². The van der Waals surface area contributed by atoms with Crippen molar-refractivity contribution in [2.24, 2.45) is 0 Å². The van der Waals surface area contributed by atoms with Crippen LogP contribution in [0, 0.1) is 5.82 Å². The number of thioether (sulfide) groups is 1. The summed E-state index contributed by atoms with van der Waals surface area (Å²) in [5.74, 6) is -0.542. The van der Waals surface area contributed by atoms with E-state index in [1.807, 2.05) is 0 Å². The van der Waals surface area contributed by atoms with Gasteiger partial charge in [0, 0.05) is 0 Å². The van der Waals surface area contributed by atoms with Gasteiger partial charge in [0.2, 0.25) is 5.76 Å². The molecule has 2 heterocycles. The van der Waals surface area contributed by atoms with Crippen molar-refractivity contribution in [1.29, 1.82) is 0 Å². The summed E-state index contributed by atoms with van der Waals surface area (Å²) in [5.41, 5.74) is 1.42.